The molecule has 0 fully saturated rings. The van der Waals surface area contributed by atoms with E-state index in [9.17, 15) is 0 Å². The smallest absolute Gasteiger partial charge is 1.00 e. The van der Waals surface area contributed by atoms with Crippen LogP contribution in [0.4, 0.5) is 4.79 Å². The standard InChI is InChI=1S/C6H15NO3.CH2O3.Na.H/c8-4-1-7(2-5-9)3-6-10;2-1(3)4;;/h8-10H,1-6H2;(H2,2,3,4);;/q;;+1;-1. The van der Waals surface area contributed by atoms with Crippen LogP contribution in [0, 0.1) is 0 Å². The summed E-state index contributed by atoms with van der Waals surface area (Å²) in [6.45, 7) is 1.75. The molecule has 0 aromatic rings. The Morgan fingerprint density at radius 3 is 1.27 bits per heavy atom. The first-order chi connectivity index (χ1) is 6.58. The van der Waals surface area contributed by atoms with Crippen LogP contribution in [0.1, 0.15) is 1.43 Å². The Morgan fingerprint density at radius 2 is 1.13 bits per heavy atom. The Hall–Kier alpha value is 0.110. The second-order valence-corrected chi connectivity index (χ2v) is 2.30. The van der Waals surface area contributed by atoms with Gasteiger partial charge in [-0.1, -0.05) is 0 Å². The van der Waals surface area contributed by atoms with E-state index in [-0.39, 0.29) is 50.8 Å². The van der Waals surface area contributed by atoms with Crippen molar-refractivity contribution in [2.75, 3.05) is 39.5 Å². The minimum absolute atomic E-state index is 0. The molecule has 0 amide bonds. The summed E-state index contributed by atoms with van der Waals surface area (Å²) in [4.78, 5) is 10.3. The predicted molar refractivity (Wildman–Crippen MR) is 49.5 cm³/mol. The van der Waals surface area contributed by atoms with Crippen molar-refractivity contribution in [1.29, 1.82) is 0 Å². The molecular formula is C7H18NNaO6. The molecule has 0 saturated carbocycles. The second kappa shape index (κ2) is 16.5. The number of hydrogen-bond donors (Lipinski definition) is 5. The average Bonchev–Trinajstić information content (AvgIpc) is 2.04. The summed E-state index contributed by atoms with van der Waals surface area (Å²) in [5.74, 6) is 0. The Labute approximate surface area is 112 Å². The van der Waals surface area contributed by atoms with Crippen molar-refractivity contribution in [3.05, 3.63) is 0 Å². The molecule has 0 aliphatic carbocycles. The SMILES string of the molecule is O=C(O)O.OCCN(CCO)CCO.[H-].[Na+]. The van der Waals surface area contributed by atoms with E-state index in [0.717, 1.165) is 0 Å². The fraction of sp³-hybridized carbons (Fsp3) is 0.857. The van der Waals surface area contributed by atoms with Crippen molar-refractivity contribution in [2.24, 2.45) is 0 Å². The first kappa shape index (κ1) is 20.5. The Bertz CT molecular complexity index is 124. The van der Waals surface area contributed by atoms with Crippen molar-refractivity contribution in [3.63, 3.8) is 0 Å². The molecule has 0 rings (SSSR count). The molecule has 0 atom stereocenters. The van der Waals surface area contributed by atoms with Crippen LogP contribution in [-0.2, 0) is 0 Å². The predicted octanol–water partition coefficient (Wildman–Crippen LogP) is -4.40. The molecule has 0 aromatic heterocycles. The van der Waals surface area contributed by atoms with Crippen LogP contribution in [0.3, 0.4) is 0 Å². The number of carbonyl (C=O) groups is 1. The quantitative estimate of drug-likeness (QED) is 0.295. The zero-order valence-electron chi connectivity index (χ0n) is 9.83. The van der Waals surface area contributed by atoms with Gasteiger partial charge in [-0.15, -0.1) is 0 Å². The maximum absolute atomic E-state index is 8.56. The molecule has 0 unspecified atom stereocenters. The normalized spacial score (nSPS) is 8.80. The van der Waals surface area contributed by atoms with Crippen LogP contribution in [0.15, 0.2) is 0 Å². The van der Waals surface area contributed by atoms with Crippen LogP contribution in [-0.4, -0.2) is 76.0 Å². The average molecular weight is 235 g/mol. The van der Waals surface area contributed by atoms with Gasteiger partial charge in [0.2, 0.25) is 0 Å². The Balaban J connectivity index is -0.000000105. The van der Waals surface area contributed by atoms with Gasteiger partial charge in [0.25, 0.3) is 0 Å². The maximum Gasteiger partial charge on any atom is 1.00 e. The summed E-state index contributed by atoms with van der Waals surface area (Å²) in [7, 11) is 0. The third-order valence-electron chi connectivity index (χ3n) is 1.25. The van der Waals surface area contributed by atoms with Gasteiger partial charge < -0.3 is 27.0 Å². The van der Waals surface area contributed by atoms with E-state index in [1.165, 1.54) is 0 Å². The summed E-state index contributed by atoms with van der Waals surface area (Å²) in [5, 5.41) is 39.4. The van der Waals surface area contributed by atoms with Crippen molar-refractivity contribution in [3.8, 4) is 0 Å². The van der Waals surface area contributed by atoms with Crippen LogP contribution in [0.5, 0.6) is 0 Å². The largest absolute Gasteiger partial charge is 1.00 e. The van der Waals surface area contributed by atoms with Crippen molar-refractivity contribution >= 4 is 6.16 Å². The van der Waals surface area contributed by atoms with Crippen LogP contribution >= 0.6 is 0 Å². The van der Waals surface area contributed by atoms with Gasteiger partial charge in [0.05, 0.1) is 19.8 Å². The third-order valence-corrected chi connectivity index (χ3v) is 1.25. The number of aliphatic hydroxyl groups excluding tert-OH is 3. The molecule has 0 radical (unpaired) electrons. The van der Waals surface area contributed by atoms with E-state index in [4.69, 9.17) is 30.3 Å². The van der Waals surface area contributed by atoms with Gasteiger partial charge in [-0.2, -0.15) is 0 Å². The summed E-state index contributed by atoms with van der Waals surface area (Å²) in [6, 6.07) is 0. The van der Waals surface area contributed by atoms with Crippen molar-refractivity contribution in [2.45, 2.75) is 0 Å². The van der Waals surface area contributed by atoms with Crippen LogP contribution in [0.2, 0.25) is 0 Å². The van der Waals surface area contributed by atoms with E-state index < -0.39 is 6.16 Å². The molecule has 15 heavy (non-hydrogen) atoms. The second-order valence-electron chi connectivity index (χ2n) is 2.30. The van der Waals surface area contributed by atoms with Crippen LogP contribution in [0.25, 0.3) is 0 Å². The molecule has 88 valence electrons. The number of nitrogens with zero attached hydrogens (tertiary/aromatic N) is 1. The van der Waals surface area contributed by atoms with Crippen molar-refractivity contribution < 1.29 is 61.3 Å². The van der Waals surface area contributed by atoms with E-state index in [1.807, 2.05) is 0 Å². The summed E-state index contributed by atoms with van der Waals surface area (Å²) < 4.78 is 0. The van der Waals surface area contributed by atoms with Crippen molar-refractivity contribution in [1.82, 2.24) is 4.90 Å². The molecule has 0 aliphatic rings. The van der Waals surface area contributed by atoms with Gasteiger partial charge in [0, 0.05) is 19.6 Å². The molecule has 8 heteroatoms. The monoisotopic (exact) mass is 235 g/mol. The van der Waals surface area contributed by atoms with Gasteiger partial charge in [-0.05, 0) is 0 Å². The molecule has 5 N–H and O–H groups in total. The van der Waals surface area contributed by atoms with E-state index >= 15 is 0 Å². The number of rotatable bonds is 6. The molecular weight excluding hydrogens is 217 g/mol. The summed E-state index contributed by atoms with van der Waals surface area (Å²) >= 11 is 0. The molecule has 0 saturated heterocycles. The Kier molecular flexibility index (Phi) is 22.6. The van der Waals surface area contributed by atoms with Gasteiger partial charge in [-0.25, -0.2) is 4.79 Å². The van der Waals surface area contributed by atoms with Gasteiger partial charge >= 0.3 is 35.7 Å². The molecule has 0 spiro atoms. The number of carboxylic acid groups (broad SMARTS) is 2. The van der Waals surface area contributed by atoms with Gasteiger partial charge in [0.15, 0.2) is 0 Å². The minimum Gasteiger partial charge on any atom is -1.00 e. The molecule has 0 heterocycles. The van der Waals surface area contributed by atoms with E-state index in [0.29, 0.717) is 19.6 Å². The summed E-state index contributed by atoms with van der Waals surface area (Å²) in [5.41, 5.74) is 0. The fourth-order valence-corrected chi connectivity index (χ4v) is 0.760. The first-order valence-corrected chi connectivity index (χ1v) is 4.05. The minimum atomic E-state index is -1.83. The zero-order chi connectivity index (χ0) is 11.4. The fourth-order valence-electron chi connectivity index (χ4n) is 0.760. The maximum atomic E-state index is 8.56. The van der Waals surface area contributed by atoms with Crippen LogP contribution < -0.4 is 29.6 Å². The molecule has 7 nitrogen and oxygen atoms in total. The van der Waals surface area contributed by atoms with E-state index in [2.05, 4.69) is 0 Å². The van der Waals surface area contributed by atoms with Gasteiger partial charge in [0.1, 0.15) is 0 Å². The third kappa shape index (κ3) is 24.9. The van der Waals surface area contributed by atoms with E-state index in [1.54, 1.807) is 4.90 Å². The topological polar surface area (TPSA) is 121 Å². The molecule has 0 aliphatic heterocycles. The first-order valence-electron chi connectivity index (χ1n) is 4.05. The zero-order valence-corrected chi connectivity index (χ0v) is 10.8. The molecule has 0 bridgehead atoms. The van der Waals surface area contributed by atoms with Gasteiger partial charge in [-0.3, -0.25) is 4.90 Å². The molecule has 0 aromatic carbocycles. The summed E-state index contributed by atoms with van der Waals surface area (Å²) in [6.07, 6.45) is -1.83. The Morgan fingerprint density at radius 1 is 0.933 bits per heavy atom. The number of aliphatic hydroxyl groups is 3. The number of hydrogen-bond acceptors (Lipinski definition) is 5.